The Hall–Kier alpha value is -2.58. The number of benzene rings is 1. The molecule has 3 rings (SSSR count). The van der Waals surface area contributed by atoms with Crippen molar-refractivity contribution in [2.75, 3.05) is 18.4 Å². The van der Waals surface area contributed by atoms with E-state index in [9.17, 15) is 18.0 Å². The van der Waals surface area contributed by atoms with Gasteiger partial charge in [-0.05, 0) is 44.0 Å². The molecule has 134 valence electrons. The molecule has 0 radical (unpaired) electrons. The van der Waals surface area contributed by atoms with Crippen LogP contribution in [0.3, 0.4) is 0 Å². The predicted octanol–water partition coefficient (Wildman–Crippen LogP) is 3.81. The first-order valence-electron chi connectivity index (χ1n) is 7.86. The first-order valence-corrected chi connectivity index (χ1v) is 7.86. The lowest BCUT2D eigenvalue weighted by atomic mass is 9.98. The summed E-state index contributed by atoms with van der Waals surface area (Å²) in [4.78, 5) is 18.2. The number of carbonyl (C=O) groups excluding carboxylic acids is 1. The maximum atomic E-state index is 12.6. The summed E-state index contributed by atoms with van der Waals surface area (Å²) in [6.07, 6.45) is -2.77. The van der Waals surface area contributed by atoms with E-state index in [1.807, 2.05) is 0 Å². The van der Waals surface area contributed by atoms with Gasteiger partial charge >= 0.3 is 12.2 Å². The van der Waals surface area contributed by atoms with Crippen molar-refractivity contribution in [2.45, 2.75) is 31.9 Å². The highest BCUT2D eigenvalue weighted by molar-refractivity contribution is 5.89. The number of alkyl halides is 3. The molecule has 25 heavy (non-hydrogen) atoms. The molecule has 6 nitrogen and oxygen atoms in total. The van der Waals surface area contributed by atoms with Gasteiger partial charge in [-0.3, -0.25) is 0 Å². The number of hydrogen-bond donors (Lipinski definition) is 1. The van der Waals surface area contributed by atoms with Gasteiger partial charge in [-0.15, -0.1) is 0 Å². The molecule has 2 aromatic rings. The number of aromatic nitrogens is 2. The van der Waals surface area contributed by atoms with Gasteiger partial charge in [-0.25, -0.2) is 4.79 Å². The van der Waals surface area contributed by atoms with Gasteiger partial charge in [0.05, 0.1) is 11.5 Å². The van der Waals surface area contributed by atoms with Crippen LogP contribution in [0.1, 0.15) is 36.0 Å². The highest BCUT2D eigenvalue weighted by Gasteiger charge is 2.31. The third kappa shape index (κ3) is 4.09. The Morgan fingerprint density at radius 1 is 1.32 bits per heavy atom. The van der Waals surface area contributed by atoms with Crippen molar-refractivity contribution in [3.05, 3.63) is 41.5 Å². The number of amides is 2. The van der Waals surface area contributed by atoms with Crippen LogP contribution in [-0.2, 0) is 6.18 Å². The largest absolute Gasteiger partial charge is 0.416 e. The molecule has 0 saturated carbocycles. The molecule has 0 spiro atoms. The number of likely N-dealkylation sites (tertiary alicyclic amines) is 1. The van der Waals surface area contributed by atoms with Crippen molar-refractivity contribution >= 4 is 11.7 Å². The fourth-order valence-electron chi connectivity index (χ4n) is 2.79. The van der Waals surface area contributed by atoms with Crippen LogP contribution in [0, 0.1) is 6.92 Å². The number of anilines is 1. The number of hydrogen-bond acceptors (Lipinski definition) is 4. The van der Waals surface area contributed by atoms with Crippen molar-refractivity contribution in [3.8, 4) is 0 Å². The normalized spacial score (nSPS) is 18.2. The summed E-state index contributed by atoms with van der Waals surface area (Å²) in [7, 11) is 0. The second kappa shape index (κ2) is 6.73. The molecule has 0 aliphatic carbocycles. The van der Waals surface area contributed by atoms with Gasteiger partial charge in [0, 0.05) is 18.8 Å². The summed E-state index contributed by atoms with van der Waals surface area (Å²) in [5.41, 5.74) is -0.441. The maximum absolute atomic E-state index is 12.6. The van der Waals surface area contributed by atoms with Crippen molar-refractivity contribution < 1.29 is 22.5 Å². The van der Waals surface area contributed by atoms with Crippen LogP contribution in [0.15, 0.2) is 28.8 Å². The molecular weight excluding hydrogens is 337 g/mol. The third-order valence-corrected chi connectivity index (χ3v) is 4.06. The molecule has 1 aromatic carbocycles. The fraction of sp³-hybridized carbons (Fsp3) is 0.438. The summed E-state index contributed by atoms with van der Waals surface area (Å²) in [6, 6.07) is 4.00. The Balaban J connectivity index is 1.62. The van der Waals surface area contributed by atoms with Crippen molar-refractivity contribution in [1.29, 1.82) is 0 Å². The lowest BCUT2D eigenvalue weighted by Gasteiger charge is -2.31. The molecule has 0 bridgehead atoms. The molecule has 1 aliphatic heterocycles. The van der Waals surface area contributed by atoms with Gasteiger partial charge in [-0.1, -0.05) is 5.16 Å². The Labute approximate surface area is 142 Å². The van der Waals surface area contributed by atoms with Crippen LogP contribution in [-0.4, -0.2) is 34.2 Å². The van der Waals surface area contributed by atoms with Crippen molar-refractivity contribution in [3.63, 3.8) is 0 Å². The van der Waals surface area contributed by atoms with Crippen LogP contribution in [0.2, 0.25) is 0 Å². The quantitative estimate of drug-likeness (QED) is 0.890. The minimum absolute atomic E-state index is 0.0340. The highest BCUT2D eigenvalue weighted by Crippen LogP contribution is 2.30. The molecule has 2 amide bonds. The van der Waals surface area contributed by atoms with Crippen molar-refractivity contribution in [1.82, 2.24) is 15.0 Å². The molecule has 1 N–H and O–H groups in total. The fourth-order valence-corrected chi connectivity index (χ4v) is 2.79. The average molecular weight is 354 g/mol. The SMILES string of the molecule is Cc1noc(C2CCCN(C(=O)Nc3ccc(C(F)(F)F)cc3)C2)n1. The predicted molar refractivity (Wildman–Crippen MR) is 83.0 cm³/mol. The van der Waals surface area contributed by atoms with Crippen LogP contribution >= 0.6 is 0 Å². The molecular formula is C16H17F3N4O2. The van der Waals surface area contributed by atoms with E-state index in [0.29, 0.717) is 30.5 Å². The van der Waals surface area contributed by atoms with Gasteiger partial charge in [0.1, 0.15) is 0 Å². The van der Waals surface area contributed by atoms with E-state index in [4.69, 9.17) is 4.52 Å². The van der Waals surface area contributed by atoms with E-state index in [2.05, 4.69) is 15.5 Å². The van der Waals surface area contributed by atoms with Gasteiger partial charge in [0.15, 0.2) is 5.82 Å². The summed E-state index contributed by atoms with van der Waals surface area (Å²) in [6.45, 7) is 2.72. The number of carbonyl (C=O) groups is 1. The Morgan fingerprint density at radius 3 is 2.64 bits per heavy atom. The van der Waals surface area contributed by atoms with E-state index < -0.39 is 11.7 Å². The van der Waals surface area contributed by atoms with E-state index in [1.54, 1.807) is 11.8 Å². The summed E-state index contributed by atoms with van der Waals surface area (Å²) in [5.74, 6) is 1.01. The Bertz CT molecular complexity index is 743. The smallest absolute Gasteiger partial charge is 0.339 e. The molecule has 1 saturated heterocycles. The van der Waals surface area contributed by atoms with Crippen molar-refractivity contribution in [2.24, 2.45) is 0 Å². The van der Waals surface area contributed by atoms with Gasteiger partial charge in [0.25, 0.3) is 0 Å². The van der Waals surface area contributed by atoms with Crippen LogP contribution in [0.5, 0.6) is 0 Å². The zero-order valence-electron chi connectivity index (χ0n) is 13.5. The van der Waals surface area contributed by atoms with Gasteiger partial charge in [-0.2, -0.15) is 18.2 Å². The monoisotopic (exact) mass is 354 g/mol. The molecule has 1 aromatic heterocycles. The Kier molecular flexibility index (Phi) is 4.65. The first kappa shape index (κ1) is 17.2. The first-order chi connectivity index (χ1) is 11.8. The van der Waals surface area contributed by atoms with Crippen LogP contribution < -0.4 is 5.32 Å². The standard InChI is InChI=1S/C16H17F3N4O2/c1-10-20-14(25-22-10)11-3-2-8-23(9-11)15(24)21-13-6-4-12(5-7-13)16(17,18)19/h4-7,11H,2-3,8-9H2,1H3,(H,21,24). The zero-order chi connectivity index (χ0) is 18.0. The number of halogens is 3. The number of aryl methyl sites for hydroxylation is 1. The summed E-state index contributed by atoms with van der Waals surface area (Å²) in [5, 5.41) is 6.38. The lowest BCUT2D eigenvalue weighted by Crippen LogP contribution is -2.41. The number of rotatable bonds is 2. The number of urea groups is 1. The van der Waals surface area contributed by atoms with Gasteiger partial charge in [0.2, 0.25) is 5.89 Å². The summed E-state index contributed by atoms with van der Waals surface area (Å²) < 4.78 is 42.9. The van der Waals surface area contributed by atoms with E-state index in [-0.39, 0.29) is 11.9 Å². The molecule has 1 atom stereocenters. The minimum atomic E-state index is -4.40. The molecule has 2 heterocycles. The molecule has 1 fully saturated rings. The number of nitrogens with one attached hydrogen (secondary N) is 1. The van der Waals surface area contributed by atoms with E-state index in [0.717, 1.165) is 25.0 Å². The molecule has 1 unspecified atom stereocenters. The number of nitrogens with zero attached hydrogens (tertiary/aromatic N) is 3. The average Bonchev–Trinajstić information content (AvgIpc) is 3.01. The van der Waals surface area contributed by atoms with Crippen LogP contribution in [0.4, 0.5) is 23.7 Å². The second-order valence-corrected chi connectivity index (χ2v) is 5.97. The Morgan fingerprint density at radius 2 is 2.04 bits per heavy atom. The maximum Gasteiger partial charge on any atom is 0.416 e. The minimum Gasteiger partial charge on any atom is -0.339 e. The van der Waals surface area contributed by atoms with E-state index >= 15 is 0 Å². The van der Waals surface area contributed by atoms with E-state index in [1.165, 1.54) is 12.1 Å². The number of piperidine rings is 1. The molecule has 1 aliphatic rings. The second-order valence-electron chi connectivity index (χ2n) is 5.97. The highest BCUT2D eigenvalue weighted by atomic mass is 19.4. The zero-order valence-corrected chi connectivity index (χ0v) is 13.5. The lowest BCUT2D eigenvalue weighted by molar-refractivity contribution is -0.137. The third-order valence-electron chi connectivity index (χ3n) is 4.06. The topological polar surface area (TPSA) is 71.3 Å². The summed E-state index contributed by atoms with van der Waals surface area (Å²) >= 11 is 0. The van der Waals surface area contributed by atoms with Crippen LogP contribution in [0.25, 0.3) is 0 Å². The van der Waals surface area contributed by atoms with Gasteiger partial charge < -0.3 is 14.7 Å². The molecule has 9 heteroatoms.